The second-order valence-electron chi connectivity index (χ2n) is 7.31. The number of aromatic nitrogens is 2. The summed E-state index contributed by atoms with van der Waals surface area (Å²) in [5, 5.41) is 4.51. The van der Waals surface area contributed by atoms with Gasteiger partial charge >= 0.3 is 6.09 Å². The lowest BCUT2D eigenvalue weighted by atomic mass is 10.0. The van der Waals surface area contributed by atoms with Crippen molar-refractivity contribution in [3.8, 4) is 0 Å². The number of amides is 1. The molecule has 150 valence electrons. The second kappa shape index (κ2) is 9.37. The van der Waals surface area contributed by atoms with E-state index in [1.165, 1.54) is 0 Å². The predicted molar refractivity (Wildman–Crippen MR) is 110 cm³/mol. The summed E-state index contributed by atoms with van der Waals surface area (Å²) in [4.78, 5) is 27.1. The highest BCUT2D eigenvalue weighted by Crippen LogP contribution is 2.27. The van der Waals surface area contributed by atoms with E-state index in [9.17, 15) is 9.59 Å². The largest absolute Gasteiger partial charge is 0.445 e. The van der Waals surface area contributed by atoms with Crippen LogP contribution in [0.15, 0.2) is 34.9 Å². The number of rotatable bonds is 3. The molecule has 0 unspecified atom stereocenters. The van der Waals surface area contributed by atoms with Gasteiger partial charge in [-0.3, -0.25) is 9.48 Å². The number of benzene rings is 1. The molecule has 1 aromatic carbocycles. The normalized spacial score (nSPS) is 15.4. The Bertz CT molecular complexity index is 833. The molecule has 1 aliphatic rings. The highest BCUT2D eigenvalue weighted by atomic mass is 79.9. The number of nitrogens with zero attached hydrogens (tertiary/aromatic N) is 3. The molecular weight excluding hydrogens is 422 g/mol. The van der Waals surface area contributed by atoms with Gasteiger partial charge in [0.15, 0.2) is 5.78 Å². The van der Waals surface area contributed by atoms with Crippen LogP contribution < -0.4 is 0 Å². The van der Waals surface area contributed by atoms with E-state index < -0.39 is 0 Å². The van der Waals surface area contributed by atoms with Crippen LogP contribution in [0.3, 0.4) is 0 Å². The van der Waals surface area contributed by atoms with Crippen molar-refractivity contribution in [3.05, 3.63) is 51.8 Å². The predicted octanol–water partition coefficient (Wildman–Crippen LogP) is 4.77. The molecule has 0 aliphatic carbocycles. The van der Waals surface area contributed by atoms with Gasteiger partial charge in [0, 0.05) is 31.1 Å². The molecule has 0 radical (unpaired) electrons. The molecule has 1 aromatic heterocycles. The first-order valence-corrected chi connectivity index (χ1v) is 10.5. The zero-order valence-corrected chi connectivity index (χ0v) is 17.9. The lowest BCUT2D eigenvalue weighted by Crippen LogP contribution is -2.34. The zero-order chi connectivity index (χ0) is 20.1. The van der Waals surface area contributed by atoms with Gasteiger partial charge in [0.05, 0.1) is 0 Å². The molecule has 0 N–H and O–H groups in total. The maximum atomic E-state index is 12.8. The van der Waals surface area contributed by atoms with Crippen LogP contribution in [0, 0.1) is 0 Å². The molecule has 7 heteroatoms. The Kier molecular flexibility index (Phi) is 6.88. The third-order valence-corrected chi connectivity index (χ3v) is 5.50. The Morgan fingerprint density at radius 1 is 1.18 bits per heavy atom. The minimum absolute atomic E-state index is 0.0846. The van der Waals surface area contributed by atoms with Crippen molar-refractivity contribution in [2.75, 3.05) is 13.1 Å². The molecule has 1 amide bonds. The Labute approximate surface area is 174 Å². The van der Waals surface area contributed by atoms with E-state index in [-0.39, 0.29) is 24.5 Å². The van der Waals surface area contributed by atoms with Gasteiger partial charge in [-0.15, -0.1) is 0 Å². The number of carbonyl (C=O) groups is 2. The fraction of sp³-hybridized carbons (Fsp3) is 0.476. The molecular formula is C21H26BrN3O3. The number of hydrogen-bond acceptors (Lipinski definition) is 4. The van der Waals surface area contributed by atoms with Crippen molar-refractivity contribution in [2.45, 2.75) is 52.2 Å². The summed E-state index contributed by atoms with van der Waals surface area (Å²) in [6.07, 6.45) is 2.12. The van der Waals surface area contributed by atoms with Crippen molar-refractivity contribution in [1.82, 2.24) is 14.7 Å². The Hall–Kier alpha value is -2.15. The van der Waals surface area contributed by atoms with Crippen molar-refractivity contribution in [2.24, 2.45) is 0 Å². The summed E-state index contributed by atoms with van der Waals surface area (Å²) in [7, 11) is 0. The van der Waals surface area contributed by atoms with Gasteiger partial charge in [0.25, 0.3) is 0 Å². The van der Waals surface area contributed by atoms with Crippen LogP contribution in [0.5, 0.6) is 0 Å². The monoisotopic (exact) mass is 447 g/mol. The fourth-order valence-electron chi connectivity index (χ4n) is 3.43. The second-order valence-corrected chi connectivity index (χ2v) is 8.06. The smallest absolute Gasteiger partial charge is 0.410 e. The van der Waals surface area contributed by atoms with E-state index in [1.807, 2.05) is 48.9 Å². The summed E-state index contributed by atoms with van der Waals surface area (Å²) in [5.74, 6) is 0.0846. The van der Waals surface area contributed by atoms with Gasteiger partial charge in [-0.05, 0) is 54.6 Å². The van der Waals surface area contributed by atoms with Crippen LogP contribution in [0.4, 0.5) is 4.79 Å². The van der Waals surface area contributed by atoms with Crippen LogP contribution in [0.1, 0.15) is 60.8 Å². The molecule has 0 atom stereocenters. The number of ether oxygens (including phenoxy) is 1. The lowest BCUT2D eigenvalue weighted by molar-refractivity contribution is 0.0893. The highest BCUT2D eigenvalue weighted by molar-refractivity contribution is 9.10. The minimum Gasteiger partial charge on any atom is -0.445 e. The van der Waals surface area contributed by atoms with E-state index in [4.69, 9.17) is 4.74 Å². The SMILES string of the molecule is CC(C)n1nc(Br)c2c1C(=O)CCCN(C(=O)OCc1ccccc1)CCC2. The number of fused-ring (bicyclic) bond motifs is 1. The van der Waals surface area contributed by atoms with Gasteiger partial charge in [-0.1, -0.05) is 30.3 Å². The molecule has 1 aliphatic heterocycles. The van der Waals surface area contributed by atoms with Crippen molar-refractivity contribution in [3.63, 3.8) is 0 Å². The summed E-state index contributed by atoms with van der Waals surface area (Å²) < 4.78 is 8.01. The molecule has 0 saturated heterocycles. The molecule has 6 nitrogen and oxygen atoms in total. The molecule has 0 spiro atoms. The van der Waals surface area contributed by atoms with Gasteiger partial charge in [0.2, 0.25) is 0 Å². The number of ketones is 1. The van der Waals surface area contributed by atoms with E-state index in [2.05, 4.69) is 21.0 Å². The molecule has 0 bridgehead atoms. The lowest BCUT2D eigenvalue weighted by Gasteiger charge is -2.23. The maximum absolute atomic E-state index is 12.8. The van der Waals surface area contributed by atoms with E-state index in [0.29, 0.717) is 38.0 Å². The first kappa shape index (κ1) is 20.6. The van der Waals surface area contributed by atoms with E-state index in [0.717, 1.165) is 22.2 Å². The molecule has 2 heterocycles. The summed E-state index contributed by atoms with van der Waals surface area (Å²) in [6.45, 7) is 5.42. The minimum atomic E-state index is -0.325. The molecule has 3 rings (SSSR count). The number of halogens is 1. The fourth-order valence-corrected chi connectivity index (χ4v) is 3.99. The number of carbonyl (C=O) groups excluding carboxylic acids is 2. The third-order valence-electron chi connectivity index (χ3n) is 4.86. The Morgan fingerprint density at radius 3 is 2.54 bits per heavy atom. The molecule has 2 aromatic rings. The van der Waals surface area contributed by atoms with Gasteiger partial charge in [0.1, 0.15) is 16.9 Å². The maximum Gasteiger partial charge on any atom is 0.410 e. The topological polar surface area (TPSA) is 64.4 Å². The third kappa shape index (κ3) is 4.82. The van der Waals surface area contributed by atoms with Gasteiger partial charge in [-0.2, -0.15) is 5.10 Å². The van der Waals surface area contributed by atoms with Crippen molar-refractivity contribution in [1.29, 1.82) is 0 Å². The molecule has 28 heavy (non-hydrogen) atoms. The number of hydrogen-bond donors (Lipinski definition) is 0. The quantitative estimate of drug-likeness (QED) is 0.679. The van der Waals surface area contributed by atoms with Crippen LogP contribution in [0.25, 0.3) is 0 Å². The van der Waals surface area contributed by atoms with Crippen molar-refractivity contribution >= 4 is 27.8 Å². The van der Waals surface area contributed by atoms with E-state index >= 15 is 0 Å². The summed E-state index contributed by atoms with van der Waals surface area (Å²) in [5.41, 5.74) is 2.61. The standard InChI is InChI=1S/C21H26BrN3O3/c1-15(2)25-19-17(20(22)23-25)10-6-12-24(13-7-11-18(19)26)21(27)28-14-16-8-4-3-5-9-16/h3-5,8-9,15H,6-7,10-14H2,1-2H3. The van der Waals surface area contributed by atoms with Crippen LogP contribution in [0.2, 0.25) is 0 Å². The summed E-state index contributed by atoms with van der Waals surface area (Å²) in [6, 6.07) is 9.76. The Morgan fingerprint density at radius 2 is 1.86 bits per heavy atom. The highest BCUT2D eigenvalue weighted by Gasteiger charge is 2.25. The average Bonchev–Trinajstić information content (AvgIpc) is 3.02. The van der Waals surface area contributed by atoms with Crippen LogP contribution in [-0.2, 0) is 17.8 Å². The first-order valence-electron chi connectivity index (χ1n) is 9.73. The van der Waals surface area contributed by atoms with Crippen LogP contribution in [-0.4, -0.2) is 39.6 Å². The first-order chi connectivity index (χ1) is 13.5. The average molecular weight is 448 g/mol. The Balaban J connectivity index is 1.68. The zero-order valence-electron chi connectivity index (χ0n) is 16.4. The van der Waals surface area contributed by atoms with Crippen molar-refractivity contribution < 1.29 is 14.3 Å². The van der Waals surface area contributed by atoms with Crippen LogP contribution >= 0.6 is 15.9 Å². The summed E-state index contributed by atoms with van der Waals surface area (Å²) >= 11 is 3.51. The van der Waals surface area contributed by atoms with Gasteiger partial charge < -0.3 is 9.64 Å². The molecule has 0 saturated carbocycles. The van der Waals surface area contributed by atoms with Gasteiger partial charge in [-0.25, -0.2) is 4.79 Å². The van der Waals surface area contributed by atoms with E-state index in [1.54, 1.807) is 4.90 Å². The molecule has 0 fully saturated rings. The number of Topliss-reactive ketones (excluding diaryl/α,β-unsaturated/α-hetero) is 1.